The number of amides is 1. The van der Waals surface area contributed by atoms with E-state index in [1.54, 1.807) is 6.33 Å². The maximum absolute atomic E-state index is 12.6. The van der Waals surface area contributed by atoms with Gasteiger partial charge >= 0.3 is 0 Å². The number of rotatable bonds is 5. The van der Waals surface area contributed by atoms with Crippen LogP contribution in [0.5, 0.6) is 17.2 Å². The van der Waals surface area contributed by atoms with Crippen LogP contribution >= 0.6 is 0 Å². The van der Waals surface area contributed by atoms with E-state index >= 15 is 0 Å². The second kappa shape index (κ2) is 7.41. The number of hydrogen-bond donors (Lipinski definition) is 2. The highest BCUT2D eigenvalue weighted by Crippen LogP contribution is 2.37. The van der Waals surface area contributed by atoms with Crippen molar-refractivity contribution in [1.82, 2.24) is 9.55 Å². The third-order valence-electron chi connectivity index (χ3n) is 4.40. The molecule has 0 spiro atoms. The van der Waals surface area contributed by atoms with Gasteiger partial charge in [0.2, 0.25) is 5.75 Å². The van der Waals surface area contributed by atoms with Crippen LogP contribution in [0.1, 0.15) is 21.7 Å². The molecule has 7 heteroatoms. The number of benzene rings is 2. The molecule has 7 nitrogen and oxygen atoms in total. The molecule has 0 fully saturated rings. The number of ether oxygens (including phenoxy) is 2. The van der Waals surface area contributed by atoms with Gasteiger partial charge in [-0.2, -0.15) is 0 Å². The van der Waals surface area contributed by atoms with Crippen LogP contribution in [0.4, 0.5) is 5.69 Å². The van der Waals surface area contributed by atoms with Crippen LogP contribution in [0.3, 0.4) is 0 Å². The second-order valence-electron chi connectivity index (χ2n) is 6.02. The number of nitrogens with one attached hydrogen (secondary N) is 1. The lowest BCUT2D eigenvalue weighted by Gasteiger charge is -2.12. The first-order valence-corrected chi connectivity index (χ1v) is 8.32. The highest BCUT2D eigenvalue weighted by Gasteiger charge is 2.16. The Kier molecular flexibility index (Phi) is 5.03. The molecule has 0 bridgehead atoms. The molecule has 2 aromatic carbocycles. The molecule has 0 aliphatic rings. The Morgan fingerprint density at radius 2 is 1.67 bits per heavy atom. The summed E-state index contributed by atoms with van der Waals surface area (Å²) < 4.78 is 12.2. The molecule has 3 rings (SSSR count). The maximum Gasteiger partial charge on any atom is 0.255 e. The van der Waals surface area contributed by atoms with Gasteiger partial charge in [-0.15, -0.1) is 0 Å². The highest BCUT2D eigenvalue weighted by molar-refractivity contribution is 6.05. The molecule has 0 atom stereocenters. The number of imidazole rings is 1. The quantitative estimate of drug-likeness (QED) is 0.721. The summed E-state index contributed by atoms with van der Waals surface area (Å²) in [5.41, 5.74) is 3.95. The van der Waals surface area contributed by atoms with E-state index in [1.165, 1.54) is 26.4 Å². The number of aromatic nitrogens is 2. The minimum atomic E-state index is -0.339. The summed E-state index contributed by atoms with van der Waals surface area (Å²) in [6, 6.07) is 10.4. The molecular formula is C20H21N3O4. The number of hydrogen-bond acceptors (Lipinski definition) is 5. The van der Waals surface area contributed by atoms with Gasteiger partial charge in [0.1, 0.15) is 0 Å². The summed E-state index contributed by atoms with van der Waals surface area (Å²) in [5, 5.41) is 12.8. The number of nitrogens with zero attached hydrogens (tertiary/aromatic N) is 2. The van der Waals surface area contributed by atoms with Crippen LogP contribution in [-0.4, -0.2) is 34.8 Å². The average molecular weight is 367 g/mol. The van der Waals surface area contributed by atoms with Gasteiger partial charge < -0.3 is 24.5 Å². The van der Waals surface area contributed by atoms with Crippen molar-refractivity contribution in [2.75, 3.05) is 19.5 Å². The van der Waals surface area contributed by atoms with Gasteiger partial charge in [0.15, 0.2) is 11.5 Å². The van der Waals surface area contributed by atoms with Crippen LogP contribution in [0, 0.1) is 13.8 Å². The normalized spacial score (nSPS) is 10.5. The average Bonchev–Trinajstić information content (AvgIpc) is 3.01. The first-order valence-electron chi connectivity index (χ1n) is 8.32. The van der Waals surface area contributed by atoms with E-state index < -0.39 is 0 Å². The van der Waals surface area contributed by atoms with Crippen molar-refractivity contribution in [3.8, 4) is 22.9 Å². The lowest BCUT2D eigenvalue weighted by Crippen LogP contribution is -2.12. The predicted molar refractivity (Wildman–Crippen MR) is 102 cm³/mol. The largest absolute Gasteiger partial charge is 0.502 e. The summed E-state index contributed by atoms with van der Waals surface area (Å²) in [5.74, 6) is -0.150. The molecule has 0 aliphatic heterocycles. The van der Waals surface area contributed by atoms with Crippen LogP contribution in [0.15, 0.2) is 42.7 Å². The van der Waals surface area contributed by atoms with Crippen molar-refractivity contribution in [2.45, 2.75) is 13.8 Å². The molecule has 1 amide bonds. The van der Waals surface area contributed by atoms with Crippen molar-refractivity contribution < 1.29 is 19.4 Å². The van der Waals surface area contributed by atoms with E-state index in [9.17, 15) is 9.90 Å². The summed E-state index contributed by atoms with van der Waals surface area (Å²) in [6.45, 7) is 3.96. The van der Waals surface area contributed by atoms with Crippen LogP contribution in [0.25, 0.3) is 5.69 Å². The molecule has 0 radical (unpaired) electrons. The van der Waals surface area contributed by atoms with E-state index in [1.807, 2.05) is 42.7 Å². The molecule has 3 aromatic rings. The third kappa shape index (κ3) is 3.57. The predicted octanol–water partition coefficient (Wildman–Crippen LogP) is 3.46. The van der Waals surface area contributed by atoms with Gasteiger partial charge in [-0.1, -0.05) is 0 Å². The van der Waals surface area contributed by atoms with E-state index in [-0.39, 0.29) is 23.2 Å². The number of phenols is 1. The molecule has 1 aromatic heterocycles. The Hall–Kier alpha value is -3.48. The fourth-order valence-corrected chi connectivity index (χ4v) is 2.69. The van der Waals surface area contributed by atoms with E-state index in [4.69, 9.17) is 9.47 Å². The Balaban J connectivity index is 1.81. The minimum Gasteiger partial charge on any atom is -0.502 e. The zero-order valence-electron chi connectivity index (χ0n) is 15.6. The third-order valence-corrected chi connectivity index (χ3v) is 4.40. The van der Waals surface area contributed by atoms with Gasteiger partial charge in [0.25, 0.3) is 5.91 Å². The molecule has 2 N–H and O–H groups in total. The molecule has 0 saturated heterocycles. The fraction of sp³-hybridized carbons (Fsp3) is 0.200. The number of carbonyl (C=O) groups is 1. The lowest BCUT2D eigenvalue weighted by atomic mass is 10.1. The Labute approximate surface area is 157 Å². The van der Waals surface area contributed by atoms with Crippen LogP contribution < -0.4 is 14.8 Å². The summed E-state index contributed by atoms with van der Waals surface area (Å²) >= 11 is 0. The van der Waals surface area contributed by atoms with Gasteiger partial charge in [-0.3, -0.25) is 4.79 Å². The molecule has 0 unspecified atom stereocenters. The number of phenolic OH excluding ortho intramolecular Hbond substituents is 1. The summed E-state index contributed by atoms with van der Waals surface area (Å²) in [7, 11) is 2.82. The van der Waals surface area contributed by atoms with E-state index in [2.05, 4.69) is 10.3 Å². The minimum absolute atomic E-state index is 0.146. The molecule has 1 heterocycles. The Bertz CT molecular complexity index is 952. The first kappa shape index (κ1) is 18.3. The van der Waals surface area contributed by atoms with Gasteiger partial charge in [-0.05, 0) is 50.2 Å². The molecule has 27 heavy (non-hydrogen) atoms. The van der Waals surface area contributed by atoms with Crippen LogP contribution in [-0.2, 0) is 0 Å². The molecule has 0 aliphatic carbocycles. The van der Waals surface area contributed by atoms with Crippen molar-refractivity contribution in [1.29, 1.82) is 0 Å². The topological polar surface area (TPSA) is 85.6 Å². The smallest absolute Gasteiger partial charge is 0.255 e. The number of aromatic hydroxyl groups is 1. The monoisotopic (exact) mass is 367 g/mol. The summed E-state index contributed by atoms with van der Waals surface area (Å²) in [4.78, 5) is 16.8. The Morgan fingerprint density at radius 1 is 1.07 bits per heavy atom. The molecular weight excluding hydrogens is 346 g/mol. The number of carbonyl (C=O) groups excluding carboxylic acids is 1. The lowest BCUT2D eigenvalue weighted by molar-refractivity contribution is 0.102. The van der Waals surface area contributed by atoms with Crippen molar-refractivity contribution in [3.63, 3.8) is 0 Å². The van der Waals surface area contributed by atoms with Crippen molar-refractivity contribution in [2.24, 2.45) is 0 Å². The highest BCUT2D eigenvalue weighted by atomic mass is 16.5. The van der Waals surface area contributed by atoms with E-state index in [0.29, 0.717) is 11.3 Å². The van der Waals surface area contributed by atoms with Crippen molar-refractivity contribution >= 4 is 11.6 Å². The zero-order chi connectivity index (χ0) is 19.6. The van der Waals surface area contributed by atoms with Crippen molar-refractivity contribution in [3.05, 3.63) is 59.7 Å². The summed E-state index contributed by atoms with van der Waals surface area (Å²) in [6.07, 6.45) is 1.77. The fourth-order valence-electron chi connectivity index (χ4n) is 2.69. The first-order chi connectivity index (χ1) is 12.9. The van der Waals surface area contributed by atoms with Crippen LogP contribution in [0.2, 0.25) is 0 Å². The second-order valence-corrected chi connectivity index (χ2v) is 6.02. The van der Waals surface area contributed by atoms with Gasteiger partial charge in [-0.25, -0.2) is 4.98 Å². The molecule has 0 saturated carbocycles. The Morgan fingerprint density at radius 3 is 2.15 bits per heavy atom. The zero-order valence-corrected chi connectivity index (χ0v) is 15.6. The van der Waals surface area contributed by atoms with Gasteiger partial charge in [0, 0.05) is 22.6 Å². The number of methoxy groups -OCH3 is 2. The standard InChI is InChI=1S/C20H21N3O4/c1-12-13(2)23(11-21-12)16-7-5-15(6-8-16)22-20(25)14-9-17(26-3)19(24)18(10-14)27-4/h5-11,24H,1-4H3,(H,22,25). The number of aryl methyl sites for hydroxylation is 1. The maximum atomic E-state index is 12.6. The van der Waals surface area contributed by atoms with Gasteiger partial charge in [0.05, 0.1) is 26.2 Å². The van der Waals surface area contributed by atoms with E-state index in [0.717, 1.165) is 17.1 Å². The number of anilines is 1. The molecule has 140 valence electrons. The SMILES string of the molecule is COc1cc(C(=O)Nc2ccc(-n3cnc(C)c3C)cc2)cc(OC)c1O.